The Morgan fingerprint density at radius 3 is 2.95 bits per heavy atom. The van der Waals surface area contributed by atoms with Gasteiger partial charge in [0.1, 0.15) is 5.52 Å². The van der Waals surface area contributed by atoms with Crippen molar-refractivity contribution in [2.75, 3.05) is 20.1 Å². The van der Waals surface area contributed by atoms with Gasteiger partial charge in [0.25, 0.3) is 0 Å². The number of rotatable bonds is 2. The molecule has 5 heteroatoms. The number of fused-ring (bicyclic) bond motifs is 1. The summed E-state index contributed by atoms with van der Waals surface area (Å²) in [5.74, 6) is 0.665. The molecule has 2 amide bonds. The minimum atomic E-state index is 0.0846. The number of carbonyl (C=O) groups excluding carboxylic acids is 1. The summed E-state index contributed by atoms with van der Waals surface area (Å²) >= 11 is 0. The van der Waals surface area contributed by atoms with Crippen LogP contribution in [0.25, 0.3) is 11.1 Å². The molecule has 1 atom stereocenters. The topological polar surface area (TPSA) is 49.6 Å². The molecule has 0 spiro atoms. The van der Waals surface area contributed by atoms with Crippen LogP contribution in [-0.4, -0.2) is 41.0 Å². The Hall–Kier alpha value is -2.04. The number of likely N-dealkylation sites (N-methyl/N-ethyl adjacent to an activating group) is 2. The highest BCUT2D eigenvalue weighted by molar-refractivity contribution is 5.78. The van der Waals surface area contributed by atoms with Gasteiger partial charge in [-0.1, -0.05) is 6.07 Å². The molecule has 1 fully saturated rings. The average molecular weight is 259 g/mol. The number of benzene rings is 1. The molecule has 5 nitrogen and oxygen atoms in total. The van der Waals surface area contributed by atoms with E-state index in [9.17, 15) is 4.79 Å². The van der Waals surface area contributed by atoms with Crippen LogP contribution in [0, 0.1) is 6.92 Å². The van der Waals surface area contributed by atoms with Crippen molar-refractivity contribution in [3.63, 3.8) is 0 Å². The van der Waals surface area contributed by atoms with Gasteiger partial charge in [0.05, 0.1) is 6.04 Å². The SMILES string of the molecule is CCN1CC(c2ccc3nc(C)oc3c2)N(C)C1=O. The van der Waals surface area contributed by atoms with E-state index in [1.807, 2.05) is 44.0 Å². The van der Waals surface area contributed by atoms with Gasteiger partial charge in [-0.15, -0.1) is 0 Å². The van der Waals surface area contributed by atoms with Gasteiger partial charge in [0.15, 0.2) is 11.5 Å². The zero-order valence-electron chi connectivity index (χ0n) is 11.4. The standard InChI is InChI=1S/C14H17N3O2/c1-4-17-8-12(16(3)14(17)18)10-5-6-11-13(7-10)19-9(2)15-11/h5-7,12H,4,8H2,1-3H3. The summed E-state index contributed by atoms with van der Waals surface area (Å²) in [5, 5.41) is 0. The molecule has 0 radical (unpaired) electrons. The first-order valence-corrected chi connectivity index (χ1v) is 6.49. The summed E-state index contributed by atoms with van der Waals surface area (Å²) in [5.41, 5.74) is 2.74. The van der Waals surface area contributed by atoms with E-state index in [4.69, 9.17) is 4.42 Å². The van der Waals surface area contributed by atoms with Crippen LogP contribution in [0.5, 0.6) is 0 Å². The van der Waals surface area contributed by atoms with Gasteiger partial charge < -0.3 is 14.2 Å². The minimum Gasteiger partial charge on any atom is -0.441 e. The maximum Gasteiger partial charge on any atom is 0.320 e. The predicted octanol–water partition coefficient (Wildman–Crippen LogP) is 2.56. The number of hydrogen-bond acceptors (Lipinski definition) is 3. The molecular formula is C14H17N3O2. The lowest BCUT2D eigenvalue weighted by Gasteiger charge is -2.17. The second-order valence-electron chi connectivity index (χ2n) is 4.91. The maximum atomic E-state index is 12.0. The van der Waals surface area contributed by atoms with E-state index in [2.05, 4.69) is 4.98 Å². The molecule has 0 aliphatic carbocycles. The van der Waals surface area contributed by atoms with Crippen molar-refractivity contribution in [3.05, 3.63) is 29.7 Å². The van der Waals surface area contributed by atoms with Crippen molar-refractivity contribution >= 4 is 17.1 Å². The molecule has 2 aromatic rings. The van der Waals surface area contributed by atoms with Crippen LogP contribution in [0.2, 0.25) is 0 Å². The summed E-state index contributed by atoms with van der Waals surface area (Å²) in [4.78, 5) is 19.9. The molecule has 0 N–H and O–H groups in total. The summed E-state index contributed by atoms with van der Waals surface area (Å²) in [6.07, 6.45) is 0. The van der Waals surface area contributed by atoms with Crippen LogP contribution in [0.4, 0.5) is 4.79 Å². The average Bonchev–Trinajstić information content (AvgIpc) is 2.90. The monoisotopic (exact) mass is 259 g/mol. The van der Waals surface area contributed by atoms with Crippen LogP contribution in [0.1, 0.15) is 24.4 Å². The fourth-order valence-corrected chi connectivity index (χ4v) is 2.62. The molecule has 1 aromatic heterocycles. The lowest BCUT2D eigenvalue weighted by molar-refractivity contribution is 0.197. The molecule has 0 saturated carbocycles. The minimum absolute atomic E-state index is 0.0846. The van der Waals surface area contributed by atoms with Gasteiger partial charge in [-0.25, -0.2) is 9.78 Å². The van der Waals surface area contributed by atoms with E-state index in [0.29, 0.717) is 5.89 Å². The van der Waals surface area contributed by atoms with Gasteiger partial charge in [0.2, 0.25) is 0 Å². The molecule has 2 heterocycles. The third-order valence-corrected chi connectivity index (χ3v) is 3.72. The quantitative estimate of drug-likeness (QED) is 0.832. The van der Waals surface area contributed by atoms with Crippen LogP contribution in [0.15, 0.2) is 22.6 Å². The summed E-state index contributed by atoms with van der Waals surface area (Å²) in [6, 6.07) is 6.14. The lowest BCUT2D eigenvalue weighted by Crippen LogP contribution is -2.29. The number of aryl methyl sites for hydroxylation is 1. The second kappa shape index (κ2) is 4.26. The number of nitrogens with zero attached hydrogens (tertiary/aromatic N) is 3. The van der Waals surface area contributed by atoms with Crippen molar-refractivity contribution in [2.24, 2.45) is 0 Å². The van der Waals surface area contributed by atoms with Crippen molar-refractivity contribution in [1.29, 1.82) is 0 Å². The van der Waals surface area contributed by atoms with Crippen molar-refractivity contribution in [3.8, 4) is 0 Å². The zero-order chi connectivity index (χ0) is 13.6. The number of carbonyl (C=O) groups is 1. The molecule has 1 aromatic carbocycles. The number of urea groups is 1. The van der Waals surface area contributed by atoms with E-state index < -0.39 is 0 Å². The molecular weight excluding hydrogens is 242 g/mol. The first-order chi connectivity index (χ1) is 9.10. The van der Waals surface area contributed by atoms with Gasteiger partial charge in [-0.3, -0.25) is 0 Å². The predicted molar refractivity (Wildman–Crippen MR) is 71.9 cm³/mol. The van der Waals surface area contributed by atoms with Crippen LogP contribution >= 0.6 is 0 Å². The Labute approximate surface area is 111 Å². The molecule has 1 unspecified atom stereocenters. The highest BCUT2D eigenvalue weighted by Crippen LogP contribution is 2.30. The van der Waals surface area contributed by atoms with Gasteiger partial charge >= 0.3 is 6.03 Å². The highest BCUT2D eigenvalue weighted by atomic mass is 16.3. The van der Waals surface area contributed by atoms with Crippen LogP contribution in [0.3, 0.4) is 0 Å². The van der Waals surface area contributed by atoms with E-state index in [0.717, 1.165) is 29.8 Å². The summed E-state index contributed by atoms with van der Waals surface area (Å²) in [6.45, 7) is 5.30. The Bertz CT molecular complexity index is 635. The van der Waals surface area contributed by atoms with Crippen LogP contribution < -0.4 is 0 Å². The molecule has 19 heavy (non-hydrogen) atoms. The fourth-order valence-electron chi connectivity index (χ4n) is 2.62. The number of oxazole rings is 1. The lowest BCUT2D eigenvalue weighted by atomic mass is 10.1. The largest absolute Gasteiger partial charge is 0.441 e. The van der Waals surface area contributed by atoms with E-state index in [-0.39, 0.29) is 12.1 Å². The van der Waals surface area contributed by atoms with Gasteiger partial charge in [-0.05, 0) is 24.6 Å². The van der Waals surface area contributed by atoms with Crippen molar-refractivity contribution in [2.45, 2.75) is 19.9 Å². The molecule has 3 rings (SSSR count). The molecule has 100 valence electrons. The Balaban J connectivity index is 1.98. The molecule has 1 aliphatic heterocycles. The van der Waals surface area contributed by atoms with E-state index in [1.54, 1.807) is 4.90 Å². The Morgan fingerprint density at radius 2 is 2.26 bits per heavy atom. The first kappa shape index (κ1) is 12.0. The number of hydrogen-bond donors (Lipinski definition) is 0. The maximum absolute atomic E-state index is 12.0. The number of amides is 2. The van der Waals surface area contributed by atoms with E-state index in [1.165, 1.54) is 0 Å². The van der Waals surface area contributed by atoms with Crippen molar-refractivity contribution < 1.29 is 9.21 Å². The number of aromatic nitrogens is 1. The summed E-state index contributed by atoms with van der Waals surface area (Å²) in [7, 11) is 1.85. The first-order valence-electron chi connectivity index (χ1n) is 6.49. The molecule has 1 saturated heterocycles. The third kappa shape index (κ3) is 1.85. The molecule has 0 bridgehead atoms. The summed E-state index contributed by atoms with van der Waals surface area (Å²) < 4.78 is 5.56. The third-order valence-electron chi connectivity index (χ3n) is 3.72. The van der Waals surface area contributed by atoms with Crippen molar-refractivity contribution in [1.82, 2.24) is 14.8 Å². The normalized spacial score (nSPS) is 19.7. The van der Waals surface area contributed by atoms with E-state index >= 15 is 0 Å². The van der Waals surface area contributed by atoms with Gasteiger partial charge in [0, 0.05) is 27.1 Å². The Morgan fingerprint density at radius 1 is 1.47 bits per heavy atom. The zero-order valence-corrected chi connectivity index (χ0v) is 11.4. The second-order valence-corrected chi connectivity index (χ2v) is 4.91. The molecule has 1 aliphatic rings. The van der Waals surface area contributed by atoms with Crippen LogP contribution in [-0.2, 0) is 0 Å². The highest BCUT2D eigenvalue weighted by Gasteiger charge is 2.34. The fraction of sp³-hybridized carbons (Fsp3) is 0.429. The smallest absolute Gasteiger partial charge is 0.320 e. The Kier molecular flexibility index (Phi) is 2.69. The van der Waals surface area contributed by atoms with Gasteiger partial charge in [-0.2, -0.15) is 0 Å².